The molecule has 0 radical (unpaired) electrons. The first-order valence-electron chi connectivity index (χ1n) is 6.60. The highest BCUT2D eigenvalue weighted by Crippen LogP contribution is 2.37. The minimum absolute atomic E-state index is 0.0861. The third-order valence-corrected chi connectivity index (χ3v) is 6.09. The molecule has 0 saturated heterocycles. The summed E-state index contributed by atoms with van der Waals surface area (Å²) < 4.78 is 0. The van der Waals surface area contributed by atoms with E-state index in [0.717, 1.165) is 5.75 Å². The number of rotatable bonds is 3. The second-order valence-corrected chi connectivity index (χ2v) is 7.27. The lowest BCUT2D eigenvalue weighted by atomic mass is 9.93. The molecule has 3 rings (SSSR count). The fourth-order valence-electron chi connectivity index (χ4n) is 2.46. The standard InChI is InChI=1S/C15H18N2S2/c1-10(11-2-5-17-6-3-11)15(16)14-8-12-9-18-7-4-13(12)19-14/h2-3,5-6,8,10,15H,4,7,9,16H2,1H3. The Morgan fingerprint density at radius 1 is 1.32 bits per heavy atom. The second-order valence-electron chi connectivity index (χ2n) is 4.99. The first-order valence-corrected chi connectivity index (χ1v) is 8.57. The number of hydrogen-bond acceptors (Lipinski definition) is 4. The molecule has 1 aliphatic heterocycles. The zero-order chi connectivity index (χ0) is 13.2. The summed E-state index contributed by atoms with van der Waals surface area (Å²) in [5, 5.41) is 0. The maximum absolute atomic E-state index is 6.47. The molecule has 3 heterocycles. The van der Waals surface area contributed by atoms with Gasteiger partial charge in [0.2, 0.25) is 0 Å². The SMILES string of the molecule is CC(c1ccncc1)C(N)c1cc2c(s1)CCSC2. The second kappa shape index (κ2) is 5.65. The highest BCUT2D eigenvalue weighted by molar-refractivity contribution is 7.98. The van der Waals surface area contributed by atoms with Crippen LogP contribution in [-0.2, 0) is 12.2 Å². The Kier molecular flexibility index (Phi) is 3.91. The normalized spacial score (nSPS) is 17.8. The topological polar surface area (TPSA) is 38.9 Å². The lowest BCUT2D eigenvalue weighted by Gasteiger charge is -2.18. The third kappa shape index (κ3) is 2.71. The van der Waals surface area contributed by atoms with Gasteiger partial charge in [0.1, 0.15) is 0 Å². The van der Waals surface area contributed by atoms with Gasteiger partial charge >= 0.3 is 0 Å². The van der Waals surface area contributed by atoms with Gasteiger partial charge in [-0.3, -0.25) is 4.98 Å². The number of thioether (sulfide) groups is 1. The molecule has 1 aliphatic rings. The minimum Gasteiger partial charge on any atom is -0.323 e. The molecular formula is C15H18N2S2. The molecule has 2 aromatic rings. The van der Waals surface area contributed by atoms with Crippen LogP contribution in [0.3, 0.4) is 0 Å². The van der Waals surface area contributed by atoms with Crippen molar-refractivity contribution in [3.8, 4) is 0 Å². The van der Waals surface area contributed by atoms with Crippen LogP contribution < -0.4 is 5.73 Å². The Morgan fingerprint density at radius 3 is 2.84 bits per heavy atom. The van der Waals surface area contributed by atoms with Crippen molar-refractivity contribution in [2.45, 2.75) is 31.1 Å². The van der Waals surface area contributed by atoms with Crippen LogP contribution in [0.2, 0.25) is 0 Å². The molecule has 2 aromatic heterocycles. The van der Waals surface area contributed by atoms with Gasteiger partial charge in [-0.25, -0.2) is 0 Å². The fraction of sp³-hybridized carbons (Fsp3) is 0.400. The van der Waals surface area contributed by atoms with Gasteiger partial charge in [-0.15, -0.1) is 11.3 Å². The van der Waals surface area contributed by atoms with E-state index in [1.165, 1.54) is 28.2 Å². The number of fused-ring (bicyclic) bond motifs is 1. The zero-order valence-electron chi connectivity index (χ0n) is 11.0. The maximum Gasteiger partial charge on any atom is 0.0456 e. The monoisotopic (exact) mass is 290 g/mol. The number of thiophene rings is 1. The van der Waals surface area contributed by atoms with Gasteiger partial charge < -0.3 is 5.73 Å². The molecule has 100 valence electrons. The van der Waals surface area contributed by atoms with Crippen molar-refractivity contribution < 1.29 is 0 Å². The summed E-state index contributed by atoms with van der Waals surface area (Å²) >= 11 is 3.94. The highest BCUT2D eigenvalue weighted by atomic mass is 32.2. The summed E-state index contributed by atoms with van der Waals surface area (Å²) in [6.07, 6.45) is 4.89. The van der Waals surface area contributed by atoms with E-state index in [9.17, 15) is 0 Å². The van der Waals surface area contributed by atoms with Crippen molar-refractivity contribution in [3.63, 3.8) is 0 Å². The zero-order valence-corrected chi connectivity index (χ0v) is 12.6. The van der Waals surface area contributed by atoms with E-state index in [1.807, 2.05) is 35.5 Å². The van der Waals surface area contributed by atoms with Crippen LogP contribution in [0, 0.1) is 0 Å². The van der Waals surface area contributed by atoms with Gasteiger partial charge in [-0.05, 0) is 41.5 Å². The van der Waals surface area contributed by atoms with E-state index in [4.69, 9.17) is 5.73 Å². The molecule has 19 heavy (non-hydrogen) atoms. The van der Waals surface area contributed by atoms with Crippen LogP contribution in [0.5, 0.6) is 0 Å². The van der Waals surface area contributed by atoms with Crippen LogP contribution in [0.25, 0.3) is 0 Å². The largest absolute Gasteiger partial charge is 0.323 e. The van der Waals surface area contributed by atoms with E-state index in [2.05, 4.69) is 30.1 Å². The van der Waals surface area contributed by atoms with Crippen LogP contribution in [0.1, 0.15) is 39.8 Å². The molecule has 0 aliphatic carbocycles. The van der Waals surface area contributed by atoms with Crippen molar-refractivity contribution in [1.82, 2.24) is 4.98 Å². The summed E-state index contributed by atoms with van der Waals surface area (Å²) in [5.41, 5.74) is 9.24. The number of aromatic nitrogens is 1. The quantitative estimate of drug-likeness (QED) is 0.936. The number of pyridine rings is 1. The summed E-state index contributed by atoms with van der Waals surface area (Å²) in [6, 6.07) is 6.54. The van der Waals surface area contributed by atoms with Gasteiger partial charge in [0.05, 0.1) is 0 Å². The average molecular weight is 290 g/mol. The van der Waals surface area contributed by atoms with E-state index in [1.54, 1.807) is 4.88 Å². The third-order valence-electron chi connectivity index (χ3n) is 3.75. The molecule has 2 N–H and O–H groups in total. The van der Waals surface area contributed by atoms with Crippen LogP contribution >= 0.6 is 23.1 Å². The van der Waals surface area contributed by atoms with Crippen molar-refractivity contribution >= 4 is 23.1 Å². The van der Waals surface area contributed by atoms with Gasteiger partial charge in [0.25, 0.3) is 0 Å². The molecular weight excluding hydrogens is 272 g/mol. The predicted octanol–water partition coefficient (Wildman–Crippen LogP) is 3.74. The summed E-state index contributed by atoms with van der Waals surface area (Å²) in [4.78, 5) is 6.95. The Bertz CT molecular complexity index is 527. The number of hydrogen-bond donors (Lipinski definition) is 1. The lowest BCUT2D eigenvalue weighted by Crippen LogP contribution is -2.16. The van der Waals surface area contributed by atoms with E-state index >= 15 is 0 Å². The molecule has 2 unspecified atom stereocenters. The van der Waals surface area contributed by atoms with Crippen molar-refractivity contribution in [2.24, 2.45) is 5.73 Å². The molecule has 4 heteroatoms. The van der Waals surface area contributed by atoms with Crippen LogP contribution in [0.4, 0.5) is 0 Å². The van der Waals surface area contributed by atoms with Gasteiger partial charge in [-0.1, -0.05) is 6.92 Å². The minimum atomic E-state index is 0.0861. The molecule has 0 fully saturated rings. The van der Waals surface area contributed by atoms with E-state index in [0.29, 0.717) is 5.92 Å². The maximum atomic E-state index is 6.47. The molecule has 0 amide bonds. The van der Waals surface area contributed by atoms with Gasteiger partial charge in [-0.2, -0.15) is 11.8 Å². The lowest BCUT2D eigenvalue weighted by molar-refractivity contribution is 0.606. The summed E-state index contributed by atoms with van der Waals surface area (Å²) in [6.45, 7) is 2.20. The molecule has 0 saturated carbocycles. The molecule has 0 bridgehead atoms. The van der Waals surface area contributed by atoms with Gasteiger partial charge in [0, 0.05) is 39.9 Å². The average Bonchev–Trinajstić information content (AvgIpc) is 2.90. The van der Waals surface area contributed by atoms with E-state index < -0.39 is 0 Å². The fourth-order valence-corrected chi connectivity index (χ4v) is 4.94. The van der Waals surface area contributed by atoms with Crippen LogP contribution in [-0.4, -0.2) is 10.7 Å². The summed E-state index contributed by atoms with van der Waals surface area (Å²) in [7, 11) is 0. The molecule has 2 atom stereocenters. The molecule has 0 aromatic carbocycles. The predicted molar refractivity (Wildman–Crippen MR) is 83.8 cm³/mol. The van der Waals surface area contributed by atoms with E-state index in [-0.39, 0.29) is 6.04 Å². The smallest absolute Gasteiger partial charge is 0.0456 e. The number of nitrogens with two attached hydrogens (primary N) is 1. The summed E-state index contributed by atoms with van der Waals surface area (Å²) in [5.74, 6) is 2.74. The van der Waals surface area contributed by atoms with Gasteiger partial charge in [0.15, 0.2) is 0 Å². The Labute approximate surface area is 122 Å². The highest BCUT2D eigenvalue weighted by Gasteiger charge is 2.21. The van der Waals surface area contributed by atoms with Crippen molar-refractivity contribution in [2.75, 3.05) is 5.75 Å². The number of aryl methyl sites for hydroxylation is 1. The first-order chi connectivity index (χ1) is 9.25. The Hall–Kier alpha value is -0.840. The first kappa shape index (κ1) is 13.2. The number of nitrogens with zero attached hydrogens (tertiary/aromatic N) is 1. The Balaban J connectivity index is 1.83. The van der Waals surface area contributed by atoms with Crippen molar-refractivity contribution in [3.05, 3.63) is 51.5 Å². The molecule has 2 nitrogen and oxygen atoms in total. The van der Waals surface area contributed by atoms with Crippen molar-refractivity contribution in [1.29, 1.82) is 0 Å². The van der Waals surface area contributed by atoms with Crippen LogP contribution in [0.15, 0.2) is 30.6 Å². The molecule has 0 spiro atoms. The Morgan fingerprint density at radius 2 is 2.11 bits per heavy atom.